The Morgan fingerprint density at radius 3 is 2.52 bits per heavy atom. The lowest BCUT2D eigenvalue weighted by molar-refractivity contribution is -0.136. The molecule has 0 spiro atoms. The number of aryl methyl sites for hydroxylation is 3. The van der Waals surface area contributed by atoms with E-state index in [4.69, 9.17) is 0 Å². The van der Waals surface area contributed by atoms with Gasteiger partial charge in [0.15, 0.2) is 5.65 Å². The van der Waals surface area contributed by atoms with E-state index in [9.17, 15) is 19.5 Å². The summed E-state index contributed by atoms with van der Waals surface area (Å²) in [6.45, 7) is 3.11. The Balaban J connectivity index is 2.02. The topological polar surface area (TPSA) is 108 Å². The molecule has 0 fully saturated rings. The van der Waals surface area contributed by atoms with Gasteiger partial charge in [0, 0.05) is 18.4 Å². The van der Waals surface area contributed by atoms with E-state index in [1.807, 2.05) is 0 Å². The first kappa shape index (κ1) is 18.4. The van der Waals surface area contributed by atoms with Crippen molar-refractivity contribution in [2.24, 2.45) is 7.05 Å². The average Bonchev–Trinajstić information content (AvgIpc) is 2.90. The third kappa shape index (κ3) is 3.46. The lowest BCUT2D eigenvalue weighted by Crippen LogP contribution is -2.37. The fraction of sp³-hybridized carbons (Fsp3) is 0.263. The van der Waals surface area contributed by atoms with Crippen LogP contribution in [-0.4, -0.2) is 38.3 Å². The van der Waals surface area contributed by atoms with Crippen molar-refractivity contribution in [3.63, 3.8) is 0 Å². The van der Waals surface area contributed by atoms with Crippen LogP contribution in [0.2, 0.25) is 0 Å². The quantitative estimate of drug-likeness (QED) is 0.710. The van der Waals surface area contributed by atoms with Crippen LogP contribution in [0.25, 0.3) is 11.0 Å². The van der Waals surface area contributed by atoms with Crippen molar-refractivity contribution in [1.82, 2.24) is 14.8 Å². The van der Waals surface area contributed by atoms with Crippen molar-refractivity contribution in [3.05, 3.63) is 57.5 Å². The van der Waals surface area contributed by atoms with Gasteiger partial charge in [-0.1, -0.05) is 18.2 Å². The number of rotatable bonds is 5. The summed E-state index contributed by atoms with van der Waals surface area (Å²) in [4.78, 5) is 42.0. The molecular formula is C19H20N4O4. The first-order chi connectivity index (χ1) is 12.8. The molecule has 0 aliphatic heterocycles. The summed E-state index contributed by atoms with van der Waals surface area (Å²) in [5.74, 6) is -1.47. The van der Waals surface area contributed by atoms with Gasteiger partial charge in [-0.05, 0) is 37.1 Å². The number of nitrogens with zero attached hydrogens (tertiary/aromatic N) is 3. The number of carboxylic acids is 1. The van der Waals surface area contributed by atoms with E-state index in [2.05, 4.69) is 10.1 Å². The van der Waals surface area contributed by atoms with Crippen LogP contribution < -0.4 is 10.5 Å². The molecule has 3 rings (SSSR count). The molecule has 0 saturated carbocycles. The number of pyridine rings is 1. The maximum Gasteiger partial charge on any atom is 0.323 e. The number of aromatic nitrogens is 3. The van der Waals surface area contributed by atoms with E-state index in [1.165, 1.54) is 4.90 Å². The van der Waals surface area contributed by atoms with E-state index in [1.54, 1.807) is 55.9 Å². The normalized spacial score (nSPS) is 10.9. The van der Waals surface area contributed by atoms with Crippen molar-refractivity contribution >= 4 is 28.6 Å². The SMILES string of the molecule is Cc1nc2c(c(C)c1CC(=O)N(CC(=O)O)c1ccccc1)c(=O)[nH]n2C. The molecule has 0 radical (unpaired) electrons. The molecule has 0 aliphatic carbocycles. The van der Waals surface area contributed by atoms with E-state index in [0.717, 1.165) is 0 Å². The Kier molecular flexibility index (Phi) is 4.81. The van der Waals surface area contributed by atoms with Gasteiger partial charge in [-0.3, -0.25) is 24.2 Å². The highest BCUT2D eigenvalue weighted by molar-refractivity contribution is 5.99. The number of nitrogens with one attached hydrogen (secondary N) is 1. The Hall–Kier alpha value is -3.42. The van der Waals surface area contributed by atoms with Crippen LogP contribution in [-0.2, 0) is 23.1 Å². The van der Waals surface area contributed by atoms with Gasteiger partial charge in [-0.25, -0.2) is 4.98 Å². The maximum absolute atomic E-state index is 12.9. The zero-order valence-electron chi connectivity index (χ0n) is 15.3. The van der Waals surface area contributed by atoms with Crippen molar-refractivity contribution in [2.45, 2.75) is 20.3 Å². The highest BCUT2D eigenvalue weighted by atomic mass is 16.4. The lowest BCUT2D eigenvalue weighted by Gasteiger charge is -2.22. The van der Waals surface area contributed by atoms with Crippen molar-refractivity contribution in [3.8, 4) is 0 Å². The number of H-pyrrole nitrogens is 1. The summed E-state index contributed by atoms with van der Waals surface area (Å²) in [6, 6.07) is 8.64. The van der Waals surface area contributed by atoms with Gasteiger partial charge in [0.05, 0.1) is 11.8 Å². The molecule has 3 aromatic rings. The van der Waals surface area contributed by atoms with Gasteiger partial charge in [0.2, 0.25) is 5.91 Å². The van der Waals surface area contributed by atoms with E-state index >= 15 is 0 Å². The van der Waals surface area contributed by atoms with Gasteiger partial charge in [-0.15, -0.1) is 0 Å². The molecule has 1 amide bonds. The number of hydrogen-bond acceptors (Lipinski definition) is 4. The number of carbonyl (C=O) groups excluding carboxylic acids is 1. The van der Waals surface area contributed by atoms with Crippen LogP contribution in [0, 0.1) is 13.8 Å². The minimum atomic E-state index is -1.10. The van der Waals surface area contributed by atoms with Gasteiger partial charge >= 0.3 is 5.97 Å². The average molecular weight is 368 g/mol. The Bertz CT molecular complexity index is 1080. The van der Waals surface area contributed by atoms with Crippen LogP contribution in [0.4, 0.5) is 5.69 Å². The molecule has 1 aromatic carbocycles. The van der Waals surface area contributed by atoms with Gasteiger partial charge in [-0.2, -0.15) is 0 Å². The summed E-state index contributed by atoms with van der Waals surface area (Å²) in [6.07, 6.45) is -0.0445. The monoisotopic (exact) mass is 368 g/mol. The fourth-order valence-corrected chi connectivity index (χ4v) is 3.22. The zero-order chi connectivity index (χ0) is 19.7. The second-order valence-electron chi connectivity index (χ2n) is 6.39. The number of hydrogen-bond donors (Lipinski definition) is 2. The second-order valence-corrected chi connectivity index (χ2v) is 6.39. The number of anilines is 1. The number of aromatic amines is 1. The molecule has 0 unspecified atom stereocenters. The summed E-state index contributed by atoms with van der Waals surface area (Å²) < 4.78 is 1.55. The molecule has 2 heterocycles. The number of carbonyl (C=O) groups is 2. The van der Waals surface area contributed by atoms with E-state index < -0.39 is 12.5 Å². The molecule has 27 heavy (non-hydrogen) atoms. The molecule has 0 saturated heterocycles. The molecule has 140 valence electrons. The largest absolute Gasteiger partial charge is 0.480 e. The van der Waals surface area contributed by atoms with Crippen LogP contribution in [0.1, 0.15) is 16.8 Å². The summed E-state index contributed by atoms with van der Waals surface area (Å²) in [5, 5.41) is 12.3. The highest BCUT2D eigenvalue weighted by Crippen LogP contribution is 2.22. The van der Waals surface area contributed by atoms with Gasteiger partial charge in [0.25, 0.3) is 5.56 Å². The van der Waals surface area contributed by atoms with E-state index in [0.29, 0.717) is 33.5 Å². The first-order valence-corrected chi connectivity index (χ1v) is 8.41. The molecule has 0 bridgehead atoms. The predicted molar refractivity (Wildman–Crippen MR) is 101 cm³/mol. The molecule has 0 atom stereocenters. The lowest BCUT2D eigenvalue weighted by atomic mass is 10.0. The molecule has 0 aliphatic rings. The Morgan fingerprint density at radius 2 is 1.89 bits per heavy atom. The Labute approximate surface area is 155 Å². The molecule has 2 N–H and O–H groups in total. The molecule has 8 nitrogen and oxygen atoms in total. The number of fused-ring (bicyclic) bond motifs is 1. The standard InChI is InChI=1S/C19H20N4O4/c1-11-14(12(2)20-18-17(11)19(27)21-22(18)3)9-15(24)23(10-16(25)26)13-7-5-4-6-8-13/h4-8H,9-10H2,1-3H3,(H,21,27)(H,25,26). The van der Waals surface area contributed by atoms with Crippen LogP contribution >= 0.6 is 0 Å². The fourth-order valence-electron chi connectivity index (χ4n) is 3.22. The third-order valence-electron chi connectivity index (χ3n) is 4.57. The summed E-state index contributed by atoms with van der Waals surface area (Å²) in [5.41, 5.74) is 2.71. The zero-order valence-corrected chi connectivity index (χ0v) is 15.3. The third-order valence-corrected chi connectivity index (χ3v) is 4.57. The van der Waals surface area contributed by atoms with Crippen LogP contribution in [0.15, 0.2) is 35.1 Å². The van der Waals surface area contributed by atoms with Gasteiger partial charge in [0.1, 0.15) is 6.54 Å². The smallest absolute Gasteiger partial charge is 0.323 e. The minimum Gasteiger partial charge on any atom is -0.480 e. The number of aliphatic carboxylic acids is 1. The van der Waals surface area contributed by atoms with Gasteiger partial charge < -0.3 is 10.0 Å². The number of amides is 1. The van der Waals surface area contributed by atoms with E-state index in [-0.39, 0.29) is 17.9 Å². The predicted octanol–water partition coefficient (Wildman–Crippen LogP) is 1.54. The molecule has 2 aromatic heterocycles. The highest BCUT2D eigenvalue weighted by Gasteiger charge is 2.23. The summed E-state index contributed by atoms with van der Waals surface area (Å²) >= 11 is 0. The maximum atomic E-state index is 12.9. The van der Waals surface area contributed by atoms with Crippen molar-refractivity contribution in [2.75, 3.05) is 11.4 Å². The summed E-state index contributed by atoms with van der Waals surface area (Å²) in [7, 11) is 1.70. The molecule has 8 heteroatoms. The van der Waals surface area contributed by atoms with Crippen molar-refractivity contribution in [1.29, 1.82) is 0 Å². The van der Waals surface area contributed by atoms with Crippen molar-refractivity contribution < 1.29 is 14.7 Å². The molecular weight excluding hydrogens is 348 g/mol. The minimum absolute atomic E-state index is 0.0445. The van der Waals surface area contributed by atoms with Crippen LogP contribution in [0.3, 0.4) is 0 Å². The Morgan fingerprint density at radius 1 is 1.22 bits per heavy atom. The second kappa shape index (κ2) is 7.06. The van der Waals surface area contributed by atoms with Crippen LogP contribution in [0.5, 0.6) is 0 Å². The number of carboxylic acid groups (broad SMARTS) is 1. The number of benzene rings is 1. The number of para-hydroxylation sites is 1. The first-order valence-electron chi connectivity index (χ1n) is 8.41.